The standard InChI is InChI=1S/C18H23BN4O5/c1-22(2)11-20-14-8-9-23(18(25)21-14)17-16-15(13(10-24)26-17)27-19(28-16)12-6-4-3-5-7-12/h3-9,11,13-17,24H,10H2,1-2H3,(H,21,25)/t13-,14?,15-,16-,17-/m1/s1. The van der Waals surface area contributed by atoms with Gasteiger partial charge in [-0.1, -0.05) is 30.3 Å². The Balaban J connectivity index is 1.50. The lowest BCUT2D eigenvalue weighted by Crippen LogP contribution is -2.53. The summed E-state index contributed by atoms with van der Waals surface area (Å²) in [4.78, 5) is 20.1. The van der Waals surface area contributed by atoms with Gasteiger partial charge in [0, 0.05) is 20.3 Å². The Morgan fingerprint density at radius 3 is 2.71 bits per heavy atom. The van der Waals surface area contributed by atoms with E-state index >= 15 is 0 Å². The molecule has 2 saturated heterocycles. The third-order valence-electron chi connectivity index (χ3n) is 4.77. The second-order valence-electron chi connectivity index (χ2n) is 7.06. The zero-order chi connectivity index (χ0) is 19.7. The van der Waals surface area contributed by atoms with E-state index in [-0.39, 0.29) is 12.6 Å². The van der Waals surface area contributed by atoms with Gasteiger partial charge in [0.1, 0.15) is 24.5 Å². The first-order valence-corrected chi connectivity index (χ1v) is 9.16. The highest BCUT2D eigenvalue weighted by atomic mass is 16.7. The third-order valence-corrected chi connectivity index (χ3v) is 4.77. The van der Waals surface area contributed by atoms with Gasteiger partial charge in [-0.2, -0.15) is 0 Å². The van der Waals surface area contributed by atoms with Crippen molar-refractivity contribution in [2.45, 2.75) is 30.7 Å². The Labute approximate surface area is 163 Å². The van der Waals surface area contributed by atoms with Gasteiger partial charge < -0.3 is 29.4 Å². The summed E-state index contributed by atoms with van der Waals surface area (Å²) in [6.45, 7) is -0.225. The molecule has 1 aromatic carbocycles. The van der Waals surface area contributed by atoms with E-state index in [0.29, 0.717) is 0 Å². The molecule has 0 spiro atoms. The fourth-order valence-electron chi connectivity index (χ4n) is 3.46. The second kappa shape index (κ2) is 7.92. The van der Waals surface area contributed by atoms with Gasteiger partial charge in [-0.25, -0.2) is 9.79 Å². The lowest BCUT2D eigenvalue weighted by molar-refractivity contribution is -0.0703. The molecule has 1 aromatic rings. The van der Waals surface area contributed by atoms with Gasteiger partial charge in [0.05, 0.1) is 12.9 Å². The van der Waals surface area contributed by atoms with Gasteiger partial charge >= 0.3 is 13.1 Å². The van der Waals surface area contributed by atoms with E-state index in [1.54, 1.807) is 23.5 Å². The first-order chi connectivity index (χ1) is 13.6. The summed E-state index contributed by atoms with van der Waals surface area (Å²) < 4.78 is 17.9. The zero-order valence-corrected chi connectivity index (χ0v) is 15.7. The normalized spacial score (nSPS) is 32.1. The number of nitrogens with zero attached hydrogens (tertiary/aromatic N) is 3. The van der Waals surface area contributed by atoms with Crippen LogP contribution < -0.4 is 10.8 Å². The number of hydrogen-bond acceptors (Lipinski definition) is 6. The number of fused-ring (bicyclic) bond motifs is 1. The maximum Gasteiger partial charge on any atom is 0.494 e. The van der Waals surface area contributed by atoms with Crippen molar-refractivity contribution in [1.82, 2.24) is 15.1 Å². The fraction of sp³-hybridized carbons (Fsp3) is 0.444. The van der Waals surface area contributed by atoms with E-state index in [1.165, 1.54) is 4.90 Å². The molecule has 0 radical (unpaired) electrons. The molecule has 2 fully saturated rings. The van der Waals surface area contributed by atoms with Crippen LogP contribution in [-0.2, 0) is 14.0 Å². The number of rotatable bonds is 5. The van der Waals surface area contributed by atoms with Gasteiger partial charge in [0.15, 0.2) is 6.23 Å². The molecule has 148 valence electrons. The lowest BCUT2D eigenvalue weighted by Gasteiger charge is -2.32. The van der Waals surface area contributed by atoms with Crippen molar-refractivity contribution in [2.75, 3.05) is 20.7 Å². The summed E-state index contributed by atoms with van der Waals surface area (Å²) >= 11 is 0. The number of ether oxygens (including phenoxy) is 1. The van der Waals surface area contributed by atoms with Gasteiger partial charge in [-0.05, 0) is 11.5 Å². The molecule has 0 bridgehead atoms. The summed E-state index contributed by atoms with van der Waals surface area (Å²) in [6, 6.07) is 9.20. The van der Waals surface area contributed by atoms with Crippen molar-refractivity contribution in [1.29, 1.82) is 0 Å². The summed E-state index contributed by atoms with van der Waals surface area (Å²) in [5.74, 6) is 0. The van der Waals surface area contributed by atoms with Crippen molar-refractivity contribution in [3.8, 4) is 0 Å². The molecule has 5 atom stereocenters. The van der Waals surface area contributed by atoms with Crippen molar-refractivity contribution in [3.63, 3.8) is 0 Å². The van der Waals surface area contributed by atoms with E-state index in [9.17, 15) is 9.90 Å². The van der Waals surface area contributed by atoms with Crippen LogP contribution in [0.1, 0.15) is 0 Å². The molecular formula is C18H23BN4O5. The van der Waals surface area contributed by atoms with Crippen LogP contribution in [0.4, 0.5) is 4.79 Å². The van der Waals surface area contributed by atoms with Crippen LogP contribution in [0.2, 0.25) is 0 Å². The number of aliphatic hydroxyl groups excluding tert-OH is 1. The minimum Gasteiger partial charge on any atom is -0.399 e. The fourth-order valence-corrected chi connectivity index (χ4v) is 3.46. The number of urea groups is 1. The number of carbonyl (C=O) groups excluding carboxylic acids is 1. The predicted molar refractivity (Wildman–Crippen MR) is 103 cm³/mol. The van der Waals surface area contributed by atoms with Gasteiger partial charge in [0.25, 0.3) is 0 Å². The van der Waals surface area contributed by atoms with Gasteiger partial charge in [-0.15, -0.1) is 0 Å². The molecule has 2 amide bonds. The van der Waals surface area contributed by atoms with E-state index in [0.717, 1.165) is 5.46 Å². The highest BCUT2D eigenvalue weighted by Gasteiger charge is 2.56. The predicted octanol–water partition coefficient (Wildman–Crippen LogP) is -0.662. The molecule has 28 heavy (non-hydrogen) atoms. The average molecular weight is 386 g/mol. The molecule has 0 aliphatic carbocycles. The first-order valence-electron chi connectivity index (χ1n) is 9.16. The van der Waals surface area contributed by atoms with Crippen molar-refractivity contribution >= 4 is 25.0 Å². The molecular weight excluding hydrogens is 363 g/mol. The molecule has 3 aliphatic heterocycles. The number of hydrogen-bond donors (Lipinski definition) is 2. The van der Waals surface area contributed by atoms with E-state index in [1.807, 2.05) is 44.4 Å². The smallest absolute Gasteiger partial charge is 0.399 e. The van der Waals surface area contributed by atoms with Crippen LogP contribution in [0.5, 0.6) is 0 Å². The second-order valence-corrected chi connectivity index (χ2v) is 7.06. The van der Waals surface area contributed by atoms with Crippen LogP contribution in [0, 0.1) is 0 Å². The molecule has 3 heterocycles. The number of aliphatic imine (C=N–C) groups is 1. The zero-order valence-electron chi connectivity index (χ0n) is 15.7. The molecule has 1 unspecified atom stereocenters. The monoisotopic (exact) mass is 386 g/mol. The van der Waals surface area contributed by atoms with Gasteiger partial charge in [0.2, 0.25) is 0 Å². The Hall–Kier alpha value is -2.40. The summed E-state index contributed by atoms with van der Waals surface area (Å²) in [7, 11) is 3.14. The first kappa shape index (κ1) is 18.9. The molecule has 0 aromatic heterocycles. The molecule has 3 aliphatic rings. The maximum atomic E-state index is 12.6. The van der Waals surface area contributed by atoms with Crippen LogP contribution in [0.25, 0.3) is 0 Å². The molecule has 9 nitrogen and oxygen atoms in total. The number of aliphatic hydroxyl groups is 1. The molecule has 4 rings (SSSR count). The number of nitrogens with one attached hydrogen (secondary N) is 1. The Kier molecular flexibility index (Phi) is 5.36. The average Bonchev–Trinajstić information content (AvgIpc) is 3.27. The van der Waals surface area contributed by atoms with Crippen LogP contribution >= 0.6 is 0 Å². The van der Waals surface area contributed by atoms with Crippen molar-refractivity contribution in [2.24, 2.45) is 4.99 Å². The largest absolute Gasteiger partial charge is 0.494 e. The summed E-state index contributed by atoms with van der Waals surface area (Å²) in [5.41, 5.74) is 0.879. The topological polar surface area (TPSA) is 95.9 Å². The minimum absolute atomic E-state index is 0.225. The summed E-state index contributed by atoms with van der Waals surface area (Å²) in [6.07, 6.45) is 2.32. The molecule has 10 heteroatoms. The highest BCUT2D eigenvalue weighted by molar-refractivity contribution is 6.61. The van der Waals surface area contributed by atoms with Gasteiger partial charge in [-0.3, -0.25) is 4.90 Å². The quantitative estimate of drug-likeness (QED) is 0.396. The van der Waals surface area contributed by atoms with E-state index in [4.69, 9.17) is 14.0 Å². The third kappa shape index (κ3) is 3.63. The number of carbonyl (C=O) groups is 1. The SMILES string of the molecule is CN(C)C=NC1C=CN([C@@H]2O[C@H](CO)[C@H]3OB(c4ccccc4)O[C@H]32)C(=O)N1. The van der Waals surface area contributed by atoms with Crippen LogP contribution in [-0.4, -0.2) is 85.8 Å². The van der Waals surface area contributed by atoms with Crippen molar-refractivity contribution < 1.29 is 23.9 Å². The minimum atomic E-state index is -0.703. The van der Waals surface area contributed by atoms with E-state index in [2.05, 4.69) is 10.3 Å². The highest BCUT2D eigenvalue weighted by Crippen LogP contribution is 2.34. The van der Waals surface area contributed by atoms with Crippen LogP contribution in [0.15, 0.2) is 47.6 Å². The lowest BCUT2D eigenvalue weighted by atomic mass is 9.79. The maximum absolute atomic E-state index is 12.6. The Morgan fingerprint density at radius 2 is 2.04 bits per heavy atom. The summed E-state index contributed by atoms with van der Waals surface area (Å²) in [5, 5.41) is 12.5. The number of benzene rings is 1. The Morgan fingerprint density at radius 1 is 1.29 bits per heavy atom. The van der Waals surface area contributed by atoms with Crippen molar-refractivity contribution in [3.05, 3.63) is 42.6 Å². The molecule has 2 N–H and O–H groups in total. The Bertz CT molecular complexity index is 762. The van der Waals surface area contributed by atoms with E-state index < -0.39 is 37.8 Å². The molecule has 0 saturated carbocycles. The van der Waals surface area contributed by atoms with Crippen LogP contribution in [0.3, 0.4) is 0 Å². The number of amides is 2.